The number of rotatable bonds is 3. The van der Waals surface area contributed by atoms with Crippen molar-refractivity contribution in [3.8, 4) is 0 Å². The normalized spacial score (nSPS) is 13.6. The molecule has 0 unspecified atom stereocenters. The molecule has 2 nitrogen and oxygen atoms in total. The van der Waals surface area contributed by atoms with Gasteiger partial charge in [0.25, 0.3) is 0 Å². The fourth-order valence-electron chi connectivity index (χ4n) is 1.29. The summed E-state index contributed by atoms with van der Waals surface area (Å²) in [5.74, 6) is 0.252. The second kappa shape index (κ2) is 7.04. The summed E-state index contributed by atoms with van der Waals surface area (Å²) in [6.45, 7) is 4.52. The molecule has 0 aromatic heterocycles. The van der Waals surface area contributed by atoms with Crippen LogP contribution in [-0.2, 0) is 16.0 Å². The molecule has 1 aliphatic rings. The van der Waals surface area contributed by atoms with Crippen molar-refractivity contribution in [2.24, 2.45) is 5.92 Å². The summed E-state index contributed by atoms with van der Waals surface area (Å²) < 4.78 is 4.73. The lowest BCUT2D eigenvalue weighted by Gasteiger charge is -1.95. The van der Waals surface area contributed by atoms with Gasteiger partial charge in [-0.25, -0.2) is 0 Å². The van der Waals surface area contributed by atoms with Crippen LogP contribution in [0.15, 0.2) is 30.3 Å². The summed E-state index contributed by atoms with van der Waals surface area (Å²) in [5, 5.41) is 0. The molecule has 0 saturated heterocycles. The molecule has 1 aromatic carbocycles. The molecule has 2 heteroatoms. The minimum absolute atomic E-state index is 0.00694. The van der Waals surface area contributed by atoms with Crippen LogP contribution in [0.2, 0.25) is 0 Å². The van der Waals surface area contributed by atoms with E-state index in [1.54, 1.807) is 0 Å². The molecule has 0 spiro atoms. The van der Waals surface area contributed by atoms with E-state index < -0.39 is 0 Å². The number of benzene rings is 1. The molecule has 16 heavy (non-hydrogen) atoms. The van der Waals surface area contributed by atoms with Crippen molar-refractivity contribution in [2.45, 2.75) is 33.1 Å². The highest BCUT2D eigenvalue weighted by Gasteiger charge is 2.30. The molecule has 88 valence electrons. The van der Waals surface area contributed by atoms with Gasteiger partial charge >= 0.3 is 5.97 Å². The van der Waals surface area contributed by atoms with Gasteiger partial charge in [0.2, 0.25) is 0 Å². The minimum Gasteiger partial charge on any atom is -0.466 e. The molecule has 0 atom stereocenters. The fraction of sp³-hybridized carbons (Fsp3) is 0.500. The Morgan fingerprint density at radius 2 is 1.88 bits per heavy atom. The Kier molecular flexibility index (Phi) is 5.62. The van der Waals surface area contributed by atoms with Crippen LogP contribution in [0.1, 0.15) is 32.3 Å². The Balaban J connectivity index is 0.000000160. The first-order valence-electron chi connectivity index (χ1n) is 5.98. The molecule has 1 aromatic rings. The third-order valence-electron chi connectivity index (χ3n) is 2.45. The van der Waals surface area contributed by atoms with Gasteiger partial charge in [0.05, 0.1) is 12.5 Å². The second-order valence-electron chi connectivity index (χ2n) is 3.87. The zero-order valence-electron chi connectivity index (χ0n) is 10.1. The number of carbonyl (C=O) groups excluding carboxylic acids is 1. The number of hydrogen-bond donors (Lipinski definition) is 0. The Bertz CT molecular complexity index is 302. The van der Waals surface area contributed by atoms with E-state index in [0.717, 1.165) is 19.3 Å². The standard InChI is InChI=1S/C8H10.C6H10O2/c1-2-8-6-4-3-5-7-8;1-2-8-6(7)5-3-4-5/h3-7H,2H2,1H3;5H,2-4H2,1H3. The van der Waals surface area contributed by atoms with Crippen molar-refractivity contribution in [2.75, 3.05) is 6.61 Å². The van der Waals surface area contributed by atoms with Crippen molar-refractivity contribution >= 4 is 5.97 Å². The highest BCUT2D eigenvalue weighted by atomic mass is 16.5. The zero-order valence-corrected chi connectivity index (χ0v) is 10.1. The molecule has 1 fully saturated rings. The third-order valence-corrected chi connectivity index (χ3v) is 2.45. The fourth-order valence-corrected chi connectivity index (χ4v) is 1.29. The van der Waals surface area contributed by atoms with Crippen LogP contribution in [0.3, 0.4) is 0 Å². The lowest BCUT2D eigenvalue weighted by molar-refractivity contribution is -0.144. The zero-order chi connectivity index (χ0) is 11.8. The lowest BCUT2D eigenvalue weighted by Crippen LogP contribution is -2.04. The Labute approximate surface area is 97.6 Å². The molecule has 0 bridgehead atoms. The maximum absolute atomic E-state index is 10.6. The van der Waals surface area contributed by atoms with Gasteiger partial charge in [-0.15, -0.1) is 0 Å². The summed E-state index contributed by atoms with van der Waals surface area (Å²) in [4.78, 5) is 10.6. The van der Waals surface area contributed by atoms with Crippen LogP contribution >= 0.6 is 0 Å². The maximum Gasteiger partial charge on any atom is 0.308 e. The molecular formula is C14H20O2. The van der Waals surface area contributed by atoms with Crippen molar-refractivity contribution in [1.82, 2.24) is 0 Å². The SMILES string of the molecule is CCOC(=O)C1CC1.CCc1ccccc1. The monoisotopic (exact) mass is 220 g/mol. The van der Waals surface area contributed by atoms with Crippen LogP contribution < -0.4 is 0 Å². The van der Waals surface area contributed by atoms with Gasteiger partial charge in [0.1, 0.15) is 0 Å². The molecule has 0 aliphatic heterocycles. The highest BCUT2D eigenvalue weighted by Crippen LogP contribution is 2.29. The largest absolute Gasteiger partial charge is 0.466 e. The number of carbonyl (C=O) groups is 1. The predicted molar refractivity (Wildman–Crippen MR) is 65.2 cm³/mol. The average Bonchev–Trinajstić information content (AvgIpc) is 3.15. The van der Waals surface area contributed by atoms with Gasteiger partial charge in [-0.3, -0.25) is 4.79 Å². The van der Waals surface area contributed by atoms with E-state index >= 15 is 0 Å². The molecule has 1 aliphatic carbocycles. The van der Waals surface area contributed by atoms with E-state index in [2.05, 4.69) is 31.2 Å². The maximum atomic E-state index is 10.6. The topological polar surface area (TPSA) is 26.3 Å². The smallest absolute Gasteiger partial charge is 0.308 e. The molecule has 0 heterocycles. The third kappa shape index (κ3) is 4.96. The minimum atomic E-state index is -0.00694. The van der Waals surface area contributed by atoms with Gasteiger partial charge in [-0.1, -0.05) is 37.3 Å². The Morgan fingerprint density at radius 3 is 2.25 bits per heavy atom. The van der Waals surface area contributed by atoms with E-state index in [-0.39, 0.29) is 11.9 Å². The lowest BCUT2D eigenvalue weighted by atomic mass is 10.2. The van der Waals surface area contributed by atoms with E-state index in [4.69, 9.17) is 4.74 Å². The van der Waals surface area contributed by atoms with Crippen molar-refractivity contribution in [3.05, 3.63) is 35.9 Å². The molecule has 0 N–H and O–H groups in total. The molecule has 2 rings (SSSR count). The van der Waals surface area contributed by atoms with Gasteiger partial charge < -0.3 is 4.74 Å². The number of ether oxygens (including phenoxy) is 1. The van der Waals surface area contributed by atoms with E-state index in [0.29, 0.717) is 6.61 Å². The molecule has 0 amide bonds. The summed E-state index contributed by atoms with van der Waals surface area (Å²) >= 11 is 0. The number of esters is 1. The Hall–Kier alpha value is -1.31. The highest BCUT2D eigenvalue weighted by molar-refractivity contribution is 5.74. The molecule has 0 radical (unpaired) electrons. The Morgan fingerprint density at radius 1 is 1.25 bits per heavy atom. The van der Waals surface area contributed by atoms with Crippen LogP contribution in [0.5, 0.6) is 0 Å². The predicted octanol–water partition coefficient (Wildman–Crippen LogP) is 3.21. The number of hydrogen-bond acceptors (Lipinski definition) is 2. The first kappa shape index (κ1) is 12.8. The number of aryl methyl sites for hydroxylation is 1. The van der Waals surface area contributed by atoms with Crippen molar-refractivity contribution < 1.29 is 9.53 Å². The quantitative estimate of drug-likeness (QED) is 0.731. The first-order valence-corrected chi connectivity index (χ1v) is 5.98. The summed E-state index contributed by atoms with van der Waals surface area (Å²) in [6, 6.07) is 10.5. The summed E-state index contributed by atoms with van der Waals surface area (Å²) in [5.41, 5.74) is 1.41. The summed E-state index contributed by atoms with van der Waals surface area (Å²) in [7, 11) is 0. The first-order chi connectivity index (χ1) is 7.77. The van der Waals surface area contributed by atoms with Crippen molar-refractivity contribution in [1.29, 1.82) is 0 Å². The average molecular weight is 220 g/mol. The van der Waals surface area contributed by atoms with Crippen molar-refractivity contribution in [3.63, 3.8) is 0 Å². The van der Waals surface area contributed by atoms with Crippen LogP contribution in [0, 0.1) is 5.92 Å². The molecule has 1 saturated carbocycles. The second-order valence-corrected chi connectivity index (χ2v) is 3.87. The van der Waals surface area contributed by atoms with Crippen LogP contribution in [-0.4, -0.2) is 12.6 Å². The van der Waals surface area contributed by atoms with E-state index in [1.807, 2.05) is 13.0 Å². The van der Waals surface area contributed by atoms with Gasteiger partial charge in [0, 0.05) is 0 Å². The van der Waals surface area contributed by atoms with Crippen LogP contribution in [0.25, 0.3) is 0 Å². The van der Waals surface area contributed by atoms with E-state index in [9.17, 15) is 4.79 Å². The van der Waals surface area contributed by atoms with Gasteiger partial charge in [0.15, 0.2) is 0 Å². The molecular weight excluding hydrogens is 200 g/mol. The summed E-state index contributed by atoms with van der Waals surface area (Å²) in [6.07, 6.45) is 3.22. The van der Waals surface area contributed by atoms with E-state index in [1.165, 1.54) is 5.56 Å². The van der Waals surface area contributed by atoms with Gasteiger partial charge in [-0.05, 0) is 31.7 Å². The van der Waals surface area contributed by atoms with Crippen LogP contribution in [0.4, 0.5) is 0 Å². The van der Waals surface area contributed by atoms with Gasteiger partial charge in [-0.2, -0.15) is 0 Å².